The lowest BCUT2D eigenvalue weighted by molar-refractivity contribution is 0.0509. The summed E-state index contributed by atoms with van der Waals surface area (Å²) in [7, 11) is -1.78. The van der Waals surface area contributed by atoms with Crippen molar-refractivity contribution >= 4 is 36.9 Å². The SMILES string of the molecule is CCOC(=O)c1c(I)c(C)nn1CCO[Si](C)(C)C(C)(C)C. The van der Waals surface area contributed by atoms with Crippen LogP contribution in [0.5, 0.6) is 0 Å². The third-order valence-electron chi connectivity index (χ3n) is 4.10. The van der Waals surface area contributed by atoms with Crippen LogP contribution in [-0.2, 0) is 15.7 Å². The zero-order chi connectivity index (χ0) is 17.1. The first kappa shape index (κ1) is 19.6. The van der Waals surface area contributed by atoms with Gasteiger partial charge in [-0.2, -0.15) is 5.10 Å². The molecule has 0 aliphatic heterocycles. The van der Waals surface area contributed by atoms with Crippen molar-refractivity contribution < 1.29 is 14.0 Å². The lowest BCUT2D eigenvalue weighted by Gasteiger charge is -2.36. The highest BCUT2D eigenvalue weighted by Crippen LogP contribution is 2.36. The van der Waals surface area contributed by atoms with Gasteiger partial charge in [0, 0.05) is 0 Å². The Bertz CT molecular complexity index is 536. The number of nitrogens with zero attached hydrogens (tertiary/aromatic N) is 2. The average molecular weight is 438 g/mol. The second-order valence-electron chi connectivity index (χ2n) is 6.80. The molecule has 0 unspecified atom stereocenters. The molecule has 0 aliphatic rings. The summed E-state index contributed by atoms with van der Waals surface area (Å²) in [6, 6.07) is 0. The molecule has 1 rings (SSSR count). The highest BCUT2D eigenvalue weighted by Gasteiger charge is 2.37. The molecule has 0 spiro atoms. The van der Waals surface area contributed by atoms with Crippen molar-refractivity contribution in [1.82, 2.24) is 9.78 Å². The van der Waals surface area contributed by atoms with Crippen LogP contribution in [0, 0.1) is 10.5 Å². The minimum absolute atomic E-state index is 0.172. The van der Waals surface area contributed by atoms with E-state index in [-0.39, 0.29) is 11.0 Å². The summed E-state index contributed by atoms with van der Waals surface area (Å²) in [6.45, 7) is 16.3. The largest absolute Gasteiger partial charge is 0.461 e. The second-order valence-corrected chi connectivity index (χ2v) is 12.7. The minimum atomic E-state index is -1.78. The molecule has 7 heteroatoms. The van der Waals surface area contributed by atoms with Crippen LogP contribution in [0.1, 0.15) is 43.9 Å². The molecule has 1 heterocycles. The van der Waals surface area contributed by atoms with Crippen molar-refractivity contribution in [2.45, 2.75) is 59.3 Å². The number of ether oxygens (including phenoxy) is 1. The number of hydrogen-bond donors (Lipinski definition) is 0. The number of hydrogen-bond acceptors (Lipinski definition) is 4. The molecule has 0 saturated carbocycles. The molecule has 0 saturated heterocycles. The van der Waals surface area contributed by atoms with Gasteiger partial charge in [-0.15, -0.1) is 0 Å². The van der Waals surface area contributed by atoms with E-state index in [4.69, 9.17) is 9.16 Å². The first-order chi connectivity index (χ1) is 10.0. The molecule has 0 fully saturated rings. The first-order valence-electron chi connectivity index (χ1n) is 7.55. The number of carbonyl (C=O) groups is 1. The summed E-state index contributed by atoms with van der Waals surface area (Å²) < 4.78 is 13.9. The van der Waals surface area contributed by atoms with Gasteiger partial charge >= 0.3 is 5.97 Å². The lowest BCUT2D eigenvalue weighted by atomic mass is 10.2. The third kappa shape index (κ3) is 4.54. The van der Waals surface area contributed by atoms with Crippen LogP contribution in [-0.4, -0.2) is 37.3 Å². The van der Waals surface area contributed by atoms with E-state index < -0.39 is 8.32 Å². The van der Waals surface area contributed by atoms with Gasteiger partial charge in [-0.25, -0.2) is 4.79 Å². The summed E-state index contributed by atoms with van der Waals surface area (Å²) >= 11 is 2.15. The molecular weight excluding hydrogens is 411 g/mol. The van der Waals surface area contributed by atoms with E-state index in [0.29, 0.717) is 25.5 Å². The van der Waals surface area contributed by atoms with Gasteiger partial charge in [-0.05, 0) is 54.6 Å². The number of rotatable bonds is 6. The Hall–Kier alpha value is -0.413. The van der Waals surface area contributed by atoms with Crippen LogP contribution in [0.25, 0.3) is 0 Å². The lowest BCUT2D eigenvalue weighted by Crippen LogP contribution is -2.41. The van der Waals surface area contributed by atoms with Gasteiger partial charge in [0.05, 0.1) is 29.0 Å². The summed E-state index contributed by atoms with van der Waals surface area (Å²) in [5.41, 5.74) is 1.37. The molecule has 0 atom stereocenters. The van der Waals surface area contributed by atoms with Gasteiger partial charge in [0.25, 0.3) is 0 Å². The molecule has 22 heavy (non-hydrogen) atoms. The van der Waals surface area contributed by atoms with Gasteiger partial charge in [-0.1, -0.05) is 20.8 Å². The molecule has 0 amide bonds. The maximum Gasteiger partial charge on any atom is 0.357 e. The van der Waals surface area contributed by atoms with E-state index in [1.165, 1.54) is 0 Å². The van der Waals surface area contributed by atoms with E-state index in [1.54, 1.807) is 11.6 Å². The normalized spacial score (nSPS) is 12.5. The monoisotopic (exact) mass is 438 g/mol. The van der Waals surface area contributed by atoms with Crippen molar-refractivity contribution in [1.29, 1.82) is 0 Å². The van der Waals surface area contributed by atoms with Crippen LogP contribution in [0.4, 0.5) is 0 Å². The summed E-state index contributed by atoms with van der Waals surface area (Å²) in [6.07, 6.45) is 0. The molecule has 0 N–H and O–H groups in total. The van der Waals surface area contributed by atoms with Crippen molar-refractivity contribution in [2.24, 2.45) is 0 Å². The Morgan fingerprint density at radius 3 is 2.45 bits per heavy atom. The predicted octanol–water partition coefficient (Wildman–Crippen LogP) is 3.99. The smallest absolute Gasteiger partial charge is 0.357 e. The molecule has 5 nitrogen and oxygen atoms in total. The Balaban J connectivity index is 2.83. The third-order valence-corrected chi connectivity index (χ3v) is 9.93. The maximum atomic E-state index is 12.1. The first-order valence-corrected chi connectivity index (χ1v) is 11.5. The summed E-state index contributed by atoms with van der Waals surface area (Å²) in [4.78, 5) is 12.1. The average Bonchev–Trinajstić information content (AvgIpc) is 2.64. The predicted molar refractivity (Wildman–Crippen MR) is 98.8 cm³/mol. The van der Waals surface area contributed by atoms with Gasteiger partial charge < -0.3 is 9.16 Å². The number of aromatic nitrogens is 2. The highest BCUT2D eigenvalue weighted by molar-refractivity contribution is 14.1. The maximum absolute atomic E-state index is 12.1. The van der Waals surface area contributed by atoms with Crippen molar-refractivity contribution in [3.63, 3.8) is 0 Å². The van der Waals surface area contributed by atoms with Gasteiger partial charge in [0.15, 0.2) is 14.0 Å². The summed E-state index contributed by atoms with van der Waals surface area (Å²) in [5.74, 6) is -0.320. The van der Waals surface area contributed by atoms with Gasteiger partial charge in [0.1, 0.15) is 0 Å². The van der Waals surface area contributed by atoms with Gasteiger partial charge in [0.2, 0.25) is 0 Å². The Kier molecular flexibility index (Phi) is 6.64. The number of halogens is 1. The van der Waals surface area contributed by atoms with E-state index in [2.05, 4.69) is 61.6 Å². The summed E-state index contributed by atoms with van der Waals surface area (Å²) in [5, 5.41) is 4.61. The molecule has 0 bridgehead atoms. The topological polar surface area (TPSA) is 53.3 Å². The van der Waals surface area contributed by atoms with E-state index in [9.17, 15) is 4.79 Å². The Morgan fingerprint density at radius 1 is 1.36 bits per heavy atom. The fraction of sp³-hybridized carbons (Fsp3) is 0.733. The number of aryl methyl sites for hydroxylation is 1. The zero-order valence-corrected chi connectivity index (χ0v) is 17.8. The Labute approximate surface area is 148 Å². The molecule has 0 radical (unpaired) electrons. The molecular formula is C15H27IN2O3Si. The van der Waals surface area contributed by atoms with Crippen LogP contribution < -0.4 is 0 Å². The Morgan fingerprint density at radius 2 is 1.95 bits per heavy atom. The van der Waals surface area contributed by atoms with Gasteiger partial charge in [-0.3, -0.25) is 4.68 Å². The fourth-order valence-electron chi connectivity index (χ4n) is 1.72. The molecule has 1 aromatic rings. The zero-order valence-electron chi connectivity index (χ0n) is 14.6. The number of esters is 1. The molecule has 126 valence electrons. The number of carbonyl (C=O) groups excluding carboxylic acids is 1. The van der Waals surface area contributed by atoms with Crippen LogP contribution >= 0.6 is 22.6 Å². The van der Waals surface area contributed by atoms with Crippen LogP contribution in [0.3, 0.4) is 0 Å². The second kappa shape index (κ2) is 7.44. The minimum Gasteiger partial charge on any atom is -0.461 e. The van der Waals surface area contributed by atoms with E-state index in [1.807, 2.05) is 6.92 Å². The van der Waals surface area contributed by atoms with Crippen LogP contribution in [0.2, 0.25) is 18.1 Å². The van der Waals surface area contributed by atoms with Crippen molar-refractivity contribution in [3.8, 4) is 0 Å². The molecule has 0 aromatic carbocycles. The van der Waals surface area contributed by atoms with Crippen molar-refractivity contribution in [2.75, 3.05) is 13.2 Å². The molecule has 1 aromatic heterocycles. The highest BCUT2D eigenvalue weighted by atomic mass is 127. The fourth-order valence-corrected chi connectivity index (χ4v) is 3.36. The van der Waals surface area contributed by atoms with Crippen LogP contribution in [0.15, 0.2) is 0 Å². The standard InChI is InChI=1S/C15H27IN2O3Si/c1-8-20-14(19)13-12(16)11(2)17-18(13)9-10-21-22(6,7)15(3,4)5/h8-10H2,1-7H3. The quantitative estimate of drug-likeness (QED) is 0.383. The van der Waals surface area contributed by atoms with E-state index in [0.717, 1.165) is 9.26 Å². The molecule has 0 aliphatic carbocycles. The van der Waals surface area contributed by atoms with E-state index >= 15 is 0 Å². The van der Waals surface area contributed by atoms with Crippen molar-refractivity contribution in [3.05, 3.63) is 15.0 Å².